The Kier molecular flexibility index (Phi) is 3.81. The summed E-state index contributed by atoms with van der Waals surface area (Å²) >= 11 is 4.84. The first-order valence-electron chi connectivity index (χ1n) is 5.47. The maximum absolute atomic E-state index is 11.5. The number of nitrogens with zero attached hydrogens (tertiary/aromatic N) is 4. The molecule has 2 aromatic rings. The molecule has 0 aliphatic heterocycles. The van der Waals surface area contributed by atoms with E-state index in [9.17, 15) is 4.79 Å². The van der Waals surface area contributed by atoms with E-state index in [0.717, 1.165) is 0 Å². The van der Waals surface area contributed by atoms with Gasteiger partial charge in [-0.3, -0.25) is 0 Å². The predicted octanol–water partition coefficient (Wildman–Crippen LogP) is 0.473. The maximum atomic E-state index is 11.5. The molecule has 0 bridgehead atoms. The maximum Gasteiger partial charge on any atom is 0.341 e. The molecule has 7 nitrogen and oxygen atoms in total. The summed E-state index contributed by atoms with van der Waals surface area (Å²) in [5, 5.41) is 4.00. The van der Waals surface area contributed by atoms with Crippen molar-refractivity contribution in [2.24, 2.45) is 5.73 Å². The van der Waals surface area contributed by atoms with E-state index in [1.54, 1.807) is 13.0 Å². The Bertz CT molecular complexity index is 625. The highest BCUT2D eigenvalue weighted by Crippen LogP contribution is 2.05. The normalized spacial score (nSPS) is 10.2. The van der Waals surface area contributed by atoms with Gasteiger partial charge in [-0.25, -0.2) is 19.4 Å². The van der Waals surface area contributed by atoms with Crippen LogP contribution in [0.5, 0.6) is 0 Å². The van der Waals surface area contributed by atoms with Crippen LogP contribution >= 0.6 is 12.2 Å². The van der Waals surface area contributed by atoms with Gasteiger partial charge in [0.15, 0.2) is 0 Å². The first-order chi connectivity index (χ1) is 9.11. The second-order valence-electron chi connectivity index (χ2n) is 3.50. The second kappa shape index (κ2) is 5.53. The number of carbonyl (C=O) groups is 1. The molecule has 0 atom stereocenters. The molecule has 0 fully saturated rings. The highest BCUT2D eigenvalue weighted by molar-refractivity contribution is 7.80. The fourth-order valence-corrected chi connectivity index (χ4v) is 1.46. The monoisotopic (exact) mass is 277 g/mol. The fourth-order valence-electron chi connectivity index (χ4n) is 1.35. The molecule has 2 N–H and O–H groups in total. The smallest absolute Gasteiger partial charge is 0.341 e. The van der Waals surface area contributed by atoms with Gasteiger partial charge in [0.1, 0.15) is 10.7 Å². The number of ether oxygens (including phenoxy) is 1. The van der Waals surface area contributed by atoms with Gasteiger partial charge in [0.2, 0.25) is 0 Å². The Morgan fingerprint density at radius 1 is 1.58 bits per heavy atom. The SMILES string of the molecule is CCOC(=O)c1cnn(-c2nccc(C(N)=S)n2)c1. The van der Waals surface area contributed by atoms with E-state index in [0.29, 0.717) is 17.9 Å². The lowest BCUT2D eigenvalue weighted by Gasteiger charge is -2.01. The summed E-state index contributed by atoms with van der Waals surface area (Å²) < 4.78 is 6.22. The molecule has 0 saturated carbocycles. The van der Waals surface area contributed by atoms with Gasteiger partial charge in [0, 0.05) is 12.4 Å². The molecule has 2 rings (SSSR count). The van der Waals surface area contributed by atoms with Gasteiger partial charge in [0.25, 0.3) is 5.95 Å². The average molecular weight is 277 g/mol. The second-order valence-corrected chi connectivity index (χ2v) is 3.94. The molecule has 2 heterocycles. The summed E-state index contributed by atoms with van der Waals surface area (Å²) in [4.78, 5) is 19.8. The lowest BCUT2D eigenvalue weighted by Crippen LogP contribution is -2.14. The van der Waals surface area contributed by atoms with Gasteiger partial charge < -0.3 is 10.5 Å². The Labute approximate surface area is 114 Å². The van der Waals surface area contributed by atoms with Crippen LogP contribution in [0, 0.1) is 0 Å². The molecule has 0 saturated heterocycles. The van der Waals surface area contributed by atoms with E-state index >= 15 is 0 Å². The zero-order valence-corrected chi connectivity index (χ0v) is 10.9. The third-order valence-corrected chi connectivity index (χ3v) is 2.40. The van der Waals surface area contributed by atoms with Crippen LogP contribution in [-0.4, -0.2) is 37.3 Å². The van der Waals surface area contributed by atoms with Gasteiger partial charge >= 0.3 is 5.97 Å². The van der Waals surface area contributed by atoms with Crippen LogP contribution in [0.1, 0.15) is 23.0 Å². The predicted molar refractivity (Wildman–Crippen MR) is 71.0 cm³/mol. The molecular weight excluding hydrogens is 266 g/mol. The molecule has 0 spiro atoms. The van der Waals surface area contributed by atoms with Crippen LogP contribution in [0.25, 0.3) is 5.95 Å². The zero-order chi connectivity index (χ0) is 13.8. The third-order valence-electron chi connectivity index (χ3n) is 2.19. The lowest BCUT2D eigenvalue weighted by molar-refractivity contribution is 0.0526. The van der Waals surface area contributed by atoms with Gasteiger partial charge in [0.05, 0.1) is 18.4 Å². The summed E-state index contributed by atoms with van der Waals surface area (Å²) in [6.45, 7) is 2.04. The molecule has 2 aromatic heterocycles. The fraction of sp³-hybridized carbons (Fsp3) is 0.182. The Hall–Kier alpha value is -2.35. The first kappa shape index (κ1) is 13.1. The van der Waals surface area contributed by atoms with Crippen molar-refractivity contribution in [2.75, 3.05) is 6.61 Å². The number of rotatable bonds is 4. The average Bonchev–Trinajstić information content (AvgIpc) is 2.89. The van der Waals surface area contributed by atoms with Crippen LogP contribution < -0.4 is 5.73 Å². The number of esters is 1. The summed E-state index contributed by atoms with van der Waals surface area (Å²) in [5.74, 6) is -0.167. The molecule has 0 unspecified atom stereocenters. The van der Waals surface area contributed by atoms with Crippen LogP contribution in [0.15, 0.2) is 24.7 Å². The van der Waals surface area contributed by atoms with Crippen LogP contribution in [0.3, 0.4) is 0 Å². The quantitative estimate of drug-likeness (QED) is 0.641. The van der Waals surface area contributed by atoms with Crippen molar-refractivity contribution in [3.63, 3.8) is 0 Å². The Morgan fingerprint density at radius 3 is 3.05 bits per heavy atom. The van der Waals surface area contributed by atoms with E-state index in [1.165, 1.54) is 23.3 Å². The van der Waals surface area contributed by atoms with Crippen molar-refractivity contribution in [3.05, 3.63) is 35.9 Å². The largest absolute Gasteiger partial charge is 0.462 e. The van der Waals surface area contributed by atoms with Gasteiger partial charge in [-0.2, -0.15) is 5.10 Å². The first-order valence-corrected chi connectivity index (χ1v) is 5.87. The Morgan fingerprint density at radius 2 is 2.37 bits per heavy atom. The van der Waals surface area contributed by atoms with Crippen LogP contribution in [-0.2, 0) is 4.74 Å². The molecule has 0 radical (unpaired) electrons. The van der Waals surface area contributed by atoms with Gasteiger partial charge in [-0.1, -0.05) is 12.2 Å². The number of carbonyl (C=O) groups excluding carboxylic acids is 1. The minimum absolute atomic E-state index is 0.168. The summed E-state index contributed by atoms with van der Waals surface area (Å²) in [5.41, 5.74) is 6.25. The minimum atomic E-state index is -0.445. The number of aromatic nitrogens is 4. The van der Waals surface area contributed by atoms with E-state index < -0.39 is 5.97 Å². The molecule has 0 amide bonds. The van der Waals surface area contributed by atoms with Crippen molar-refractivity contribution >= 4 is 23.2 Å². The molecule has 0 aliphatic carbocycles. The highest BCUT2D eigenvalue weighted by Gasteiger charge is 2.11. The standard InChI is InChI=1S/C11H11N5O2S/c1-2-18-10(17)7-5-14-16(6-7)11-13-4-3-8(15-11)9(12)19/h3-6H,2H2,1H3,(H2,12,19). The van der Waals surface area contributed by atoms with Crippen molar-refractivity contribution in [3.8, 4) is 5.95 Å². The van der Waals surface area contributed by atoms with Crippen molar-refractivity contribution in [1.29, 1.82) is 0 Å². The molecule has 8 heteroatoms. The number of nitrogens with two attached hydrogens (primary N) is 1. The highest BCUT2D eigenvalue weighted by atomic mass is 32.1. The van der Waals surface area contributed by atoms with E-state index in [4.69, 9.17) is 22.7 Å². The van der Waals surface area contributed by atoms with Crippen LogP contribution in [0.4, 0.5) is 0 Å². The van der Waals surface area contributed by atoms with Gasteiger partial charge in [-0.05, 0) is 13.0 Å². The minimum Gasteiger partial charge on any atom is -0.462 e. The van der Waals surface area contributed by atoms with Gasteiger partial charge in [-0.15, -0.1) is 0 Å². The molecule has 0 aromatic carbocycles. The van der Waals surface area contributed by atoms with Crippen molar-refractivity contribution in [1.82, 2.24) is 19.7 Å². The van der Waals surface area contributed by atoms with Crippen molar-refractivity contribution in [2.45, 2.75) is 6.92 Å². The van der Waals surface area contributed by atoms with Crippen LogP contribution in [0.2, 0.25) is 0 Å². The topological polar surface area (TPSA) is 95.9 Å². The Balaban J connectivity index is 2.30. The molecular formula is C11H11N5O2S. The summed E-state index contributed by atoms with van der Waals surface area (Å²) in [6, 6.07) is 1.60. The number of hydrogen-bond donors (Lipinski definition) is 1. The lowest BCUT2D eigenvalue weighted by atomic mass is 10.4. The zero-order valence-electron chi connectivity index (χ0n) is 10.1. The molecule has 98 valence electrons. The van der Waals surface area contributed by atoms with Crippen molar-refractivity contribution < 1.29 is 9.53 Å². The summed E-state index contributed by atoms with van der Waals surface area (Å²) in [6.07, 6.45) is 4.38. The van der Waals surface area contributed by atoms with E-state index in [1.807, 2.05) is 0 Å². The molecule has 19 heavy (non-hydrogen) atoms. The number of thiocarbonyl (C=S) groups is 1. The molecule has 0 aliphatic rings. The van der Waals surface area contributed by atoms with E-state index in [-0.39, 0.29) is 10.9 Å². The summed E-state index contributed by atoms with van der Waals surface area (Å²) in [7, 11) is 0. The number of hydrogen-bond acceptors (Lipinski definition) is 6. The third kappa shape index (κ3) is 2.91. The van der Waals surface area contributed by atoms with E-state index in [2.05, 4.69) is 15.1 Å².